The predicted molar refractivity (Wildman–Crippen MR) is 62.6 cm³/mol. The molecule has 1 aliphatic heterocycles. The molecule has 0 saturated carbocycles. The molecular formula is C12H21NO4. The van der Waals surface area contributed by atoms with Gasteiger partial charge in [0.15, 0.2) is 0 Å². The zero-order chi connectivity index (χ0) is 12.7. The molecule has 1 aliphatic rings. The summed E-state index contributed by atoms with van der Waals surface area (Å²) in [6.45, 7) is 4.00. The summed E-state index contributed by atoms with van der Waals surface area (Å²) in [5, 5.41) is 9.32. The van der Waals surface area contributed by atoms with Crippen molar-refractivity contribution in [3.05, 3.63) is 0 Å². The van der Waals surface area contributed by atoms with Gasteiger partial charge in [0.1, 0.15) is 5.78 Å². The second-order valence-electron chi connectivity index (χ2n) is 4.35. The Bertz CT molecular complexity index is 259. The van der Waals surface area contributed by atoms with Crippen molar-refractivity contribution in [1.82, 2.24) is 4.90 Å². The first-order valence-electron chi connectivity index (χ1n) is 6.19. The first kappa shape index (κ1) is 14.1. The van der Waals surface area contributed by atoms with E-state index in [4.69, 9.17) is 4.74 Å². The molecule has 0 radical (unpaired) electrons. The maximum Gasteiger partial charge on any atom is 0.306 e. The molecule has 1 fully saturated rings. The molecule has 1 rings (SSSR count). The van der Waals surface area contributed by atoms with E-state index in [0.29, 0.717) is 13.2 Å². The smallest absolute Gasteiger partial charge is 0.306 e. The van der Waals surface area contributed by atoms with E-state index in [1.165, 1.54) is 0 Å². The summed E-state index contributed by atoms with van der Waals surface area (Å²) >= 11 is 0. The van der Waals surface area contributed by atoms with E-state index < -0.39 is 0 Å². The van der Waals surface area contributed by atoms with Gasteiger partial charge in [-0.15, -0.1) is 0 Å². The summed E-state index contributed by atoms with van der Waals surface area (Å²) in [5.41, 5.74) is 0. The molecule has 0 atom stereocenters. The number of carbonyl (C=O) groups excluding carboxylic acids is 2. The maximum atomic E-state index is 11.6. The molecule has 0 spiro atoms. The van der Waals surface area contributed by atoms with Crippen molar-refractivity contribution in [3.63, 3.8) is 0 Å². The first-order valence-corrected chi connectivity index (χ1v) is 6.19. The third-order valence-electron chi connectivity index (χ3n) is 2.87. The molecule has 1 heterocycles. The summed E-state index contributed by atoms with van der Waals surface area (Å²) in [7, 11) is 0. The number of hydrogen-bond acceptors (Lipinski definition) is 5. The molecular weight excluding hydrogens is 222 g/mol. The van der Waals surface area contributed by atoms with Gasteiger partial charge in [0.25, 0.3) is 0 Å². The molecule has 98 valence electrons. The Morgan fingerprint density at radius 1 is 1.29 bits per heavy atom. The van der Waals surface area contributed by atoms with Gasteiger partial charge in [-0.25, -0.2) is 0 Å². The van der Waals surface area contributed by atoms with Crippen molar-refractivity contribution in [2.24, 2.45) is 0 Å². The van der Waals surface area contributed by atoms with Crippen LogP contribution in [-0.2, 0) is 14.3 Å². The van der Waals surface area contributed by atoms with Gasteiger partial charge >= 0.3 is 5.97 Å². The normalized spacial score (nSPS) is 18.0. The van der Waals surface area contributed by atoms with Gasteiger partial charge in [-0.1, -0.05) is 0 Å². The van der Waals surface area contributed by atoms with Gasteiger partial charge in [0.2, 0.25) is 0 Å². The Morgan fingerprint density at radius 3 is 2.53 bits per heavy atom. The zero-order valence-corrected chi connectivity index (χ0v) is 10.4. The molecule has 0 aromatic carbocycles. The van der Waals surface area contributed by atoms with E-state index in [9.17, 15) is 14.7 Å². The van der Waals surface area contributed by atoms with Crippen molar-refractivity contribution in [2.45, 2.75) is 38.7 Å². The van der Waals surface area contributed by atoms with Crippen molar-refractivity contribution in [2.75, 3.05) is 26.2 Å². The van der Waals surface area contributed by atoms with Gasteiger partial charge < -0.3 is 9.84 Å². The van der Waals surface area contributed by atoms with Gasteiger partial charge in [-0.2, -0.15) is 0 Å². The minimum absolute atomic E-state index is 0.0643. The van der Waals surface area contributed by atoms with E-state index in [0.717, 1.165) is 25.9 Å². The molecule has 0 amide bonds. The molecule has 17 heavy (non-hydrogen) atoms. The number of Topliss-reactive ketones (excluding diaryl/α,β-unsaturated/α-hetero) is 1. The van der Waals surface area contributed by atoms with Crippen LogP contribution in [0.5, 0.6) is 0 Å². The average molecular weight is 243 g/mol. The van der Waals surface area contributed by atoms with Gasteiger partial charge in [-0.3, -0.25) is 14.5 Å². The predicted octanol–water partition coefficient (Wildman–Crippen LogP) is 0.355. The molecule has 1 N–H and O–H groups in total. The monoisotopic (exact) mass is 243 g/mol. The van der Waals surface area contributed by atoms with E-state index in [1.807, 2.05) is 4.90 Å². The van der Waals surface area contributed by atoms with Crippen molar-refractivity contribution in [1.29, 1.82) is 0 Å². The Balaban J connectivity index is 2.14. The number of carbonyl (C=O) groups is 2. The number of ketones is 1. The van der Waals surface area contributed by atoms with Crippen LogP contribution in [-0.4, -0.2) is 54.1 Å². The van der Waals surface area contributed by atoms with Gasteiger partial charge in [0, 0.05) is 19.5 Å². The zero-order valence-electron chi connectivity index (χ0n) is 10.4. The fraction of sp³-hybridized carbons (Fsp3) is 0.833. The number of likely N-dealkylation sites (tertiary alicyclic amines) is 1. The number of rotatable bonds is 6. The molecule has 0 aliphatic carbocycles. The summed E-state index contributed by atoms with van der Waals surface area (Å²) in [6, 6.07) is 0. The topological polar surface area (TPSA) is 66.8 Å². The molecule has 1 saturated heterocycles. The van der Waals surface area contributed by atoms with Crippen molar-refractivity contribution >= 4 is 11.8 Å². The Hall–Kier alpha value is -0.940. The number of nitrogens with zero attached hydrogens (tertiary/aromatic N) is 1. The second kappa shape index (κ2) is 7.40. The Labute approximate surface area is 102 Å². The largest absolute Gasteiger partial charge is 0.466 e. The van der Waals surface area contributed by atoms with Crippen LogP contribution in [0.3, 0.4) is 0 Å². The minimum atomic E-state index is -0.310. The van der Waals surface area contributed by atoms with Crippen LogP contribution in [0, 0.1) is 0 Å². The molecule has 0 unspecified atom stereocenters. The Morgan fingerprint density at radius 2 is 1.94 bits per heavy atom. The lowest BCUT2D eigenvalue weighted by molar-refractivity contribution is -0.144. The molecule has 0 bridgehead atoms. The van der Waals surface area contributed by atoms with Crippen LogP contribution >= 0.6 is 0 Å². The fourth-order valence-corrected chi connectivity index (χ4v) is 1.88. The SMILES string of the molecule is CCOC(=O)CCC(=O)CN1CCC(O)CC1. The molecule has 0 aromatic rings. The quantitative estimate of drug-likeness (QED) is 0.682. The van der Waals surface area contributed by atoms with Crippen molar-refractivity contribution in [3.8, 4) is 0 Å². The lowest BCUT2D eigenvalue weighted by Crippen LogP contribution is -2.39. The van der Waals surface area contributed by atoms with E-state index in [2.05, 4.69) is 0 Å². The van der Waals surface area contributed by atoms with Crippen LogP contribution in [0.4, 0.5) is 0 Å². The highest BCUT2D eigenvalue weighted by Gasteiger charge is 2.19. The standard InChI is InChI=1S/C12H21NO4/c1-2-17-12(16)4-3-11(15)9-13-7-5-10(14)6-8-13/h10,14H,2-9H2,1H3. The third-order valence-corrected chi connectivity index (χ3v) is 2.87. The molecule has 0 aromatic heterocycles. The average Bonchev–Trinajstić information content (AvgIpc) is 2.30. The van der Waals surface area contributed by atoms with Gasteiger partial charge in [0.05, 0.1) is 25.7 Å². The minimum Gasteiger partial charge on any atom is -0.466 e. The van der Waals surface area contributed by atoms with Crippen molar-refractivity contribution < 1.29 is 19.4 Å². The highest BCUT2D eigenvalue weighted by atomic mass is 16.5. The van der Waals surface area contributed by atoms with Crippen LogP contribution in [0.2, 0.25) is 0 Å². The number of aliphatic hydroxyl groups is 1. The maximum absolute atomic E-state index is 11.6. The second-order valence-corrected chi connectivity index (χ2v) is 4.35. The van der Waals surface area contributed by atoms with Crippen LogP contribution in [0.25, 0.3) is 0 Å². The van der Waals surface area contributed by atoms with Crippen LogP contribution < -0.4 is 0 Å². The third kappa shape index (κ3) is 5.79. The van der Waals surface area contributed by atoms with Crippen LogP contribution in [0.1, 0.15) is 32.6 Å². The van der Waals surface area contributed by atoms with E-state index in [1.54, 1.807) is 6.92 Å². The summed E-state index contributed by atoms with van der Waals surface area (Å²) in [6.07, 6.45) is 1.65. The van der Waals surface area contributed by atoms with E-state index >= 15 is 0 Å². The Kier molecular flexibility index (Phi) is 6.15. The number of ether oxygens (including phenoxy) is 1. The summed E-state index contributed by atoms with van der Waals surface area (Å²) in [4.78, 5) is 24.7. The molecule has 5 heteroatoms. The highest BCUT2D eigenvalue weighted by Crippen LogP contribution is 2.10. The fourth-order valence-electron chi connectivity index (χ4n) is 1.88. The van der Waals surface area contributed by atoms with E-state index in [-0.39, 0.29) is 30.7 Å². The molecule has 5 nitrogen and oxygen atoms in total. The van der Waals surface area contributed by atoms with Gasteiger partial charge in [-0.05, 0) is 19.8 Å². The summed E-state index contributed by atoms with van der Waals surface area (Å²) < 4.78 is 4.76. The summed E-state index contributed by atoms with van der Waals surface area (Å²) in [5.74, 6) is -0.246. The number of piperidine rings is 1. The lowest BCUT2D eigenvalue weighted by atomic mass is 10.1. The lowest BCUT2D eigenvalue weighted by Gasteiger charge is -2.28. The first-order chi connectivity index (χ1) is 8.11. The number of hydrogen-bond donors (Lipinski definition) is 1. The number of aliphatic hydroxyl groups excluding tert-OH is 1. The van der Waals surface area contributed by atoms with Crippen LogP contribution in [0.15, 0.2) is 0 Å². The number of esters is 1. The highest BCUT2D eigenvalue weighted by molar-refractivity contribution is 5.84.